The molecule has 0 unspecified atom stereocenters. The first-order chi connectivity index (χ1) is 14.1. The van der Waals surface area contributed by atoms with Gasteiger partial charge in [0, 0.05) is 25.2 Å². The summed E-state index contributed by atoms with van der Waals surface area (Å²) in [5.41, 5.74) is 1.84. The highest BCUT2D eigenvalue weighted by Gasteiger charge is 2.19. The van der Waals surface area contributed by atoms with Crippen LogP contribution in [0, 0.1) is 0 Å². The standard InChI is InChI=1S/C23H27N3O2S/c1-4-25(5-2)15-16-26(22(27)14-11-18-9-7-6-8-10-18)23-24-20-17-19(28-3)12-13-21(20)29-23/h6-14,17H,4-5,15-16H2,1-3H3. The number of hydrogen-bond donors (Lipinski definition) is 0. The van der Waals surface area contributed by atoms with Crippen molar-refractivity contribution in [2.24, 2.45) is 0 Å². The van der Waals surface area contributed by atoms with Gasteiger partial charge in [-0.1, -0.05) is 55.5 Å². The molecule has 0 saturated heterocycles. The van der Waals surface area contributed by atoms with Gasteiger partial charge in [-0.05, 0) is 36.9 Å². The summed E-state index contributed by atoms with van der Waals surface area (Å²) in [7, 11) is 1.64. The van der Waals surface area contributed by atoms with Crippen LogP contribution in [0.15, 0.2) is 54.6 Å². The second-order valence-electron chi connectivity index (χ2n) is 6.59. The smallest absolute Gasteiger partial charge is 0.252 e. The van der Waals surface area contributed by atoms with Crippen LogP contribution >= 0.6 is 11.3 Å². The summed E-state index contributed by atoms with van der Waals surface area (Å²) in [5, 5.41) is 0.711. The lowest BCUT2D eigenvalue weighted by atomic mass is 10.2. The number of nitrogens with zero attached hydrogens (tertiary/aromatic N) is 3. The van der Waals surface area contributed by atoms with Gasteiger partial charge in [0.2, 0.25) is 0 Å². The zero-order chi connectivity index (χ0) is 20.6. The van der Waals surface area contributed by atoms with Crippen molar-refractivity contribution in [3.63, 3.8) is 0 Å². The van der Waals surface area contributed by atoms with Crippen LogP contribution in [0.1, 0.15) is 19.4 Å². The van der Waals surface area contributed by atoms with Crippen LogP contribution in [0.25, 0.3) is 16.3 Å². The predicted molar refractivity (Wildman–Crippen MR) is 122 cm³/mol. The summed E-state index contributed by atoms with van der Waals surface area (Å²) in [6.45, 7) is 7.57. The van der Waals surface area contributed by atoms with Crippen LogP contribution in [-0.4, -0.2) is 49.1 Å². The van der Waals surface area contributed by atoms with E-state index < -0.39 is 0 Å². The van der Waals surface area contributed by atoms with E-state index in [0.717, 1.165) is 41.2 Å². The molecule has 1 amide bonds. The molecule has 152 valence electrons. The SMILES string of the molecule is CCN(CC)CCN(C(=O)C=Cc1ccccc1)c1nc2cc(OC)ccc2s1. The minimum atomic E-state index is -0.0629. The number of thiazole rings is 1. The third kappa shape index (κ3) is 5.43. The molecule has 0 bridgehead atoms. The van der Waals surface area contributed by atoms with Gasteiger partial charge >= 0.3 is 0 Å². The van der Waals surface area contributed by atoms with Gasteiger partial charge in [-0.2, -0.15) is 0 Å². The number of ether oxygens (including phenoxy) is 1. The van der Waals surface area contributed by atoms with Crippen LogP contribution < -0.4 is 9.64 Å². The van der Waals surface area contributed by atoms with Crippen molar-refractivity contribution in [3.8, 4) is 5.75 Å². The van der Waals surface area contributed by atoms with Gasteiger partial charge in [0.15, 0.2) is 5.13 Å². The normalized spacial score (nSPS) is 11.4. The van der Waals surface area contributed by atoms with Gasteiger partial charge in [0.1, 0.15) is 5.75 Å². The van der Waals surface area contributed by atoms with Gasteiger partial charge in [-0.15, -0.1) is 0 Å². The molecule has 0 aliphatic rings. The van der Waals surface area contributed by atoms with E-state index in [1.54, 1.807) is 18.1 Å². The molecule has 2 aromatic carbocycles. The van der Waals surface area contributed by atoms with Crippen molar-refractivity contribution in [1.82, 2.24) is 9.88 Å². The number of aromatic nitrogens is 1. The average molecular weight is 410 g/mol. The second-order valence-corrected chi connectivity index (χ2v) is 7.60. The summed E-state index contributed by atoms with van der Waals surface area (Å²) in [5.74, 6) is 0.700. The maximum absolute atomic E-state index is 13.1. The summed E-state index contributed by atoms with van der Waals surface area (Å²) in [6.07, 6.45) is 3.48. The lowest BCUT2D eigenvalue weighted by molar-refractivity contribution is -0.114. The lowest BCUT2D eigenvalue weighted by Gasteiger charge is -2.23. The van der Waals surface area contributed by atoms with Crippen molar-refractivity contribution >= 4 is 38.7 Å². The number of carbonyl (C=O) groups is 1. The van der Waals surface area contributed by atoms with Crippen molar-refractivity contribution in [2.75, 3.05) is 38.2 Å². The molecular formula is C23H27N3O2S. The Morgan fingerprint density at radius 3 is 2.55 bits per heavy atom. The van der Waals surface area contributed by atoms with E-state index in [1.165, 1.54) is 11.3 Å². The molecular weight excluding hydrogens is 382 g/mol. The fourth-order valence-corrected chi connectivity index (χ4v) is 4.02. The van der Waals surface area contributed by atoms with Crippen LogP contribution in [0.2, 0.25) is 0 Å². The molecule has 0 aliphatic carbocycles. The Morgan fingerprint density at radius 2 is 1.86 bits per heavy atom. The van der Waals surface area contributed by atoms with E-state index >= 15 is 0 Å². The van der Waals surface area contributed by atoms with Gasteiger partial charge in [0.25, 0.3) is 5.91 Å². The molecule has 0 fully saturated rings. The Balaban J connectivity index is 1.87. The minimum Gasteiger partial charge on any atom is -0.497 e. The number of benzene rings is 2. The fraction of sp³-hybridized carbons (Fsp3) is 0.304. The van der Waals surface area contributed by atoms with Crippen molar-refractivity contribution in [2.45, 2.75) is 13.8 Å². The molecule has 5 nitrogen and oxygen atoms in total. The molecule has 29 heavy (non-hydrogen) atoms. The molecule has 6 heteroatoms. The fourth-order valence-electron chi connectivity index (χ4n) is 3.04. The Bertz CT molecular complexity index is 965. The Labute approximate surface area is 176 Å². The Morgan fingerprint density at radius 1 is 1.10 bits per heavy atom. The number of likely N-dealkylation sites (N-methyl/N-ethyl adjacent to an activating group) is 1. The first-order valence-electron chi connectivity index (χ1n) is 9.86. The molecule has 1 aromatic heterocycles. The first kappa shape index (κ1) is 21.0. The minimum absolute atomic E-state index is 0.0629. The number of hydrogen-bond acceptors (Lipinski definition) is 5. The van der Waals surface area contributed by atoms with Crippen molar-refractivity contribution in [3.05, 3.63) is 60.2 Å². The molecule has 1 heterocycles. The third-order valence-corrected chi connectivity index (χ3v) is 5.89. The zero-order valence-electron chi connectivity index (χ0n) is 17.2. The largest absolute Gasteiger partial charge is 0.497 e. The molecule has 0 atom stereocenters. The van der Waals surface area contributed by atoms with Crippen LogP contribution in [-0.2, 0) is 4.79 Å². The number of fused-ring (bicyclic) bond motifs is 1. The highest BCUT2D eigenvalue weighted by atomic mass is 32.1. The Hall–Kier alpha value is -2.70. The Kier molecular flexibility index (Phi) is 7.38. The van der Waals surface area contributed by atoms with E-state index in [2.05, 4.69) is 18.7 Å². The quantitative estimate of drug-likeness (QED) is 0.481. The number of carbonyl (C=O) groups excluding carboxylic acids is 1. The second kappa shape index (κ2) is 10.2. The molecule has 3 rings (SSSR count). The monoisotopic (exact) mass is 409 g/mol. The number of anilines is 1. The number of methoxy groups -OCH3 is 1. The highest BCUT2D eigenvalue weighted by molar-refractivity contribution is 7.22. The molecule has 0 N–H and O–H groups in total. The third-order valence-electron chi connectivity index (χ3n) is 4.83. The summed E-state index contributed by atoms with van der Waals surface area (Å²) < 4.78 is 6.34. The van der Waals surface area contributed by atoms with Gasteiger partial charge in [-0.3, -0.25) is 9.69 Å². The number of rotatable bonds is 9. The van der Waals surface area contributed by atoms with Crippen LogP contribution in [0.4, 0.5) is 5.13 Å². The number of amides is 1. The summed E-state index contributed by atoms with van der Waals surface area (Å²) in [6, 6.07) is 15.7. The van der Waals surface area contributed by atoms with Crippen molar-refractivity contribution < 1.29 is 9.53 Å². The van der Waals surface area contributed by atoms with Crippen LogP contribution in [0.5, 0.6) is 5.75 Å². The molecule has 0 aliphatic heterocycles. The molecule has 0 saturated carbocycles. The van der Waals surface area contributed by atoms with E-state index in [0.29, 0.717) is 11.7 Å². The molecule has 0 radical (unpaired) electrons. The van der Waals surface area contributed by atoms with E-state index in [-0.39, 0.29) is 5.91 Å². The van der Waals surface area contributed by atoms with Crippen molar-refractivity contribution in [1.29, 1.82) is 0 Å². The topological polar surface area (TPSA) is 45.7 Å². The maximum Gasteiger partial charge on any atom is 0.252 e. The van der Waals surface area contributed by atoms with E-state index in [9.17, 15) is 4.79 Å². The van der Waals surface area contributed by atoms with Crippen LogP contribution in [0.3, 0.4) is 0 Å². The molecule has 3 aromatic rings. The first-order valence-corrected chi connectivity index (χ1v) is 10.7. The van der Waals surface area contributed by atoms with E-state index in [4.69, 9.17) is 9.72 Å². The molecule has 0 spiro atoms. The van der Waals surface area contributed by atoms with Gasteiger partial charge in [-0.25, -0.2) is 4.98 Å². The van der Waals surface area contributed by atoms with E-state index in [1.807, 2.05) is 54.6 Å². The maximum atomic E-state index is 13.1. The average Bonchev–Trinajstić information content (AvgIpc) is 3.18. The predicted octanol–water partition coefficient (Wildman–Crippen LogP) is 4.69. The summed E-state index contributed by atoms with van der Waals surface area (Å²) >= 11 is 1.53. The van der Waals surface area contributed by atoms with Gasteiger partial charge < -0.3 is 9.64 Å². The van der Waals surface area contributed by atoms with Gasteiger partial charge in [0.05, 0.1) is 17.3 Å². The zero-order valence-corrected chi connectivity index (χ0v) is 18.0. The summed E-state index contributed by atoms with van der Waals surface area (Å²) in [4.78, 5) is 21.9. The highest BCUT2D eigenvalue weighted by Crippen LogP contribution is 2.31. The lowest BCUT2D eigenvalue weighted by Crippen LogP contribution is -2.38.